The summed E-state index contributed by atoms with van der Waals surface area (Å²) in [6.07, 6.45) is 0. The Bertz CT molecular complexity index is 1150. The Morgan fingerprint density at radius 1 is 1.00 bits per heavy atom. The zero-order valence-corrected chi connectivity index (χ0v) is 16.6. The van der Waals surface area contributed by atoms with Crippen LogP contribution in [0.5, 0.6) is 0 Å². The number of carbonyl (C=O) groups excluding carboxylic acids is 2. The molecule has 150 valence electrons. The van der Waals surface area contributed by atoms with E-state index in [1.807, 2.05) is 54.6 Å². The highest BCUT2D eigenvalue weighted by atomic mass is 19.1. The number of nitrogens with zero attached hydrogens (tertiary/aromatic N) is 1. The predicted octanol–water partition coefficient (Wildman–Crippen LogP) is 4.74. The van der Waals surface area contributed by atoms with Crippen LogP contribution < -0.4 is 15.5 Å². The van der Waals surface area contributed by atoms with E-state index in [-0.39, 0.29) is 11.8 Å². The number of hydrogen-bond acceptors (Lipinski definition) is 3. The summed E-state index contributed by atoms with van der Waals surface area (Å²) < 4.78 is 13.6. The Labute approximate surface area is 173 Å². The molecule has 0 saturated heterocycles. The number of fused-ring (bicyclic) bond motifs is 1. The quantitative estimate of drug-likeness (QED) is 0.621. The van der Waals surface area contributed by atoms with Crippen LogP contribution in [0.4, 0.5) is 21.5 Å². The molecule has 0 bridgehead atoms. The van der Waals surface area contributed by atoms with Crippen molar-refractivity contribution in [2.75, 3.05) is 22.6 Å². The van der Waals surface area contributed by atoms with Gasteiger partial charge in [0.05, 0.1) is 17.0 Å². The average Bonchev–Trinajstić information content (AvgIpc) is 3.07. The topological polar surface area (TPSA) is 61.4 Å². The number of halogens is 1. The van der Waals surface area contributed by atoms with E-state index in [1.54, 1.807) is 18.0 Å². The number of nitrogens with one attached hydrogen (secondary N) is 2. The van der Waals surface area contributed by atoms with E-state index in [0.717, 1.165) is 16.9 Å². The van der Waals surface area contributed by atoms with Crippen LogP contribution in [-0.2, 0) is 9.59 Å². The van der Waals surface area contributed by atoms with Crippen LogP contribution in [0.25, 0.3) is 11.3 Å². The van der Waals surface area contributed by atoms with Crippen molar-refractivity contribution in [3.63, 3.8) is 0 Å². The number of hydrogen-bond donors (Lipinski definition) is 2. The van der Waals surface area contributed by atoms with Gasteiger partial charge in [0.1, 0.15) is 5.82 Å². The summed E-state index contributed by atoms with van der Waals surface area (Å²) in [6.45, 7) is 1.50. The summed E-state index contributed by atoms with van der Waals surface area (Å²) in [5.74, 6) is -0.765. The van der Waals surface area contributed by atoms with E-state index in [1.165, 1.54) is 19.1 Å². The van der Waals surface area contributed by atoms with E-state index in [4.69, 9.17) is 0 Å². The Kier molecular flexibility index (Phi) is 5.06. The van der Waals surface area contributed by atoms with Crippen molar-refractivity contribution in [2.24, 2.45) is 0 Å². The van der Waals surface area contributed by atoms with Crippen LogP contribution in [0, 0.1) is 5.82 Å². The second-order valence-electron chi connectivity index (χ2n) is 7.01. The number of rotatable bonds is 4. The van der Waals surface area contributed by atoms with Crippen molar-refractivity contribution < 1.29 is 14.0 Å². The summed E-state index contributed by atoms with van der Waals surface area (Å²) in [5, 5.41) is 6.08. The standard InChI is InChI=1S/C24H20FN3O2/c1-15(29)28(2)19-11-9-18(10-12-19)26-23(16-6-4-3-5-7-16)22-20-13-8-17(25)14-21(20)27-24(22)30/h3-14,26H,1-2H3,(H,27,30). The molecule has 1 aliphatic rings. The van der Waals surface area contributed by atoms with Gasteiger partial charge < -0.3 is 15.5 Å². The lowest BCUT2D eigenvalue weighted by molar-refractivity contribution is -0.116. The van der Waals surface area contributed by atoms with Crippen molar-refractivity contribution in [1.29, 1.82) is 0 Å². The SMILES string of the molecule is CC(=O)N(C)c1ccc(NC(=C2C(=O)Nc3cc(F)ccc32)c2ccccc2)cc1. The van der Waals surface area contributed by atoms with Gasteiger partial charge >= 0.3 is 0 Å². The molecule has 4 rings (SSSR count). The molecule has 1 aliphatic heterocycles. The predicted molar refractivity (Wildman–Crippen MR) is 117 cm³/mol. The third kappa shape index (κ3) is 3.67. The van der Waals surface area contributed by atoms with Crippen molar-refractivity contribution >= 4 is 40.1 Å². The molecule has 0 unspecified atom stereocenters. The first-order valence-corrected chi connectivity index (χ1v) is 9.46. The van der Waals surface area contributed by atoms with Crippen molar-refractivity contribution in [2.45, 2.75) is 6.92 Å². The molecule has 5 nitrogen and oxygen atoms in total. The van der Waals surface area contributed by atoms with Gasteiger partial charge in [-0.2, -0.15) is 0 Å². The van der Waals surface area contributed by atoms with Gasteiger partial charge in [-0.25, -0.2) is 4.39 Å². The highest BCUT2D eigenvalue weighted by Gasteiger charge is 2.28. The average molecular weight is 401 g/mol. The summed E-state index contributed by atoms with van der Waals surface area (Å²) in [6, 6.07) is 21.1. The van der Waals surface area contributed by atoms with Gasteiger partial charge in [-0.1, -0.05) is 30.3 Å². The van der Waals surface area contributed by atoms with Crippen LogP contribution in [0.1, 0.15) is 18.1 Å². The second-order valence-corrected chi connectivity index (χ2v) is 7.01. The van der Waals surface area contributed by atoms with Gasteiger partial charge in [0.25, 0.3) is 5.91 Å². The minimum atomic E-state index is -0.408. The Balaban J connectivity index is 1.79. The van der Waals surface area contributed by atoms with Crippen molar-refractivity contribution in [3.8, 4) is 0 Å². The monoisotopic (exact) mass is 401 g/mol. The smallest absolute Gasteiger partial charge is 0.258 e. The summed E-state index contributed by atoms with van der Waals surface area (Å²) in [7, 11) is 1.71. The maximum atomic E-state index is 13.6. The van der Waals surface area contributed by atoms with Gasteiger partial charge in [-0.05, 0) is 48.0 Å². The summed E-state index contributed by atoms with van der Waals surface area (Å²) in [5.41, 5.74) is 4.49. The number of amides is 2. The fourth-order valence-electron chi connectivity index (χ4n) is 3.37. The molecule has 0 radical (unpaired) electrons. The lowest BCUT2D eigenvalue weighted by atomic mass is 10.00. The molecule has 3 aromatic carbocycles. The van der Waals surface area contributed by atoms with Gasteiger partial charge in [0.2, 0.25) is 5.91 Å². The Morgan fingerprint density at radius 2 is 1.70 bits per heavy atom. The molecule has 0 atom stereocenters. The molecular weight excluding hydrogens is 381 g/mol. The molecule has 6 heteroatoms. The van der Waals surface area contributed by atoms with Gasteiger partial charge in [0.15, 0.2) is 0 Å². The van der Waals surface area contributed by atoms with Crippen LogP contribution in [0.3, 0.4) is 0 Å². The summed E-state index contributed by atoms with van der Waals surface area (Å²) >= 11 is 0. The largest absolute Gasteiger partial charge is 0.354 e. The minimum Gasteiger partial charge on any atom is -0.354 e. The van der Waals surface area contributed by atoms with E-state index in [9.17, 15) is 14.0 Å². The first kappa shape index (κ1) is 19.4. The first-order chi connectivity index (χ1) is 14.4. The molecule has 0 fully saturated rings. The minimum absolute atomic E-state index is 0.0609. The summed E-state index contributed by atoms with van der Waals surface area (Å²) in [4.78, 5) is 25.9. The molecule has 0 saturated carbocycles. The number of benzene rings is 3. The molecule has 2 amide bonds. The normalized spacial score (nSPS) is 14.0. The zero-order chi connectivity index (χ0) is 21.3. The first-order valence-electron chi connectivity index (χ1n) is 9.46. The molecule has 2 N–H and O–H groups in total. The lowest BCUT2D eigenvalue weighted by Gasteiger charge is -2.17. The molecule has 30 heavy (non-hydrogen) atoms. The van der Waals surface area contributed by atoms with Gasteiger partial charge in [0, 0.05) is 30.9 Å². The van der Waals surface area contributed by atoms with E-state index < -0.39 is 5.82 Å². The fraction of sp³-hybridized carbons (Fsp3) is 0.0833. The number of carbonyl (C=O) groups is 2. The molecule has 0 aromatic heterocycles. The van der Waals surface area contributed by atoms with Crippen LogP contribution >= 0.6 is 0 Å². The van der Waals surface area contributed by atoms with E-state index in [2.05, 4.69) is 10.6 Å². The maximum Gasteiger partial charge on any atom is 0.258 e. The van der Waals surface area contributed by atoms with E-state index >= 15 is 0 Å². The lowest BCUT2D eigenvalue weighted by Crippen LogP contribution is -2.22. The molecule has 3 aromatic rings. The fourth-order valence-corrected chi connectivity index (χ4v) is 3.37. The molecule has 1 heterocycles. The maximum absolute atomic E-state index is 13.6. The van der Waals surface area contributed by atoms with Crippen LogP contribution in [-0.4, -0.2) is 18.9 Å². The third-order valence-corrected chi connectivity index (χ3v) is 5.03. The van der Waals surface area contributed by atoms with Crippen LogP contribution in [0.2, 0.25) is 0 Å². The Hall–Kier alpha value is -3.93. The molecule has 0 aliphatic carbocycles. The van der Waals surface area contributed by atoms with Crippen LogP contribution in [0.15, 0.2) is 72.8 Å². The van der Waals surface area contributed by atoms with Gasteiger partial charge in [-0.3, -0.25) is 9.59 Å². The highest BCUT2D eigenvalue weighted by Crippen LogP contribution is 2.38. The molecule has 0 spiro atoms. The zero-order valence-electron chi connectivity index (χ0n) is 16.6. The Morgan fingerprint density at radius 3 is 2.37 bits per heavy atom. The number of anilines is 3. The van der Waals surface area contributed by atoms with Gasteiger partial charge in [-0.15, -0.1) is 0 Å². The molecular formula is C24H20FN3O2. The third-order valence-electron chi connectivity index (χ3n) is 5.03. The van der Waals surface area contributed by atoms with E-state index in [0.29, 0.717) is 22.5 Å². The van der Waals surface area contributed by atoms with Crippen molar-refractivity contribution in [1.82, 2.24) is 0 Å². The van der Waals surface area contributed by atoms with Crippen molar-refractivity contribution in [3.05, 3.63) is 89.7 Å². The highest BCUT2D eigenvalue weighted by molar-refractivity contribution is 6.37. The second kappa shape index (κ2) is 7.83.